The Morgan fingerprint density at radius 1 is 1.43 bits per heavy atom. The molecule has 0 bridgehead atoms. The first-order chi connectivity index (χ1) is 11.1. The Morgan fingerprint density at radius 3 is 3.04 bits per heavy atom. The number of carbonyl (C=O) groups excluding carboxylic acids is 1. The van der Waals surface area contributed by atoms with E-state index in [0.717, 1.165) is 49.6 Å². The second-order valence-electron chi connectivity index (χ2n) is 6.48. The van der Waals surface area contributed by atoms with E-state index in [1.807, 2.05) is 24.9 Å². The topological polar surface area (TPSA) is 74.8 Å². The minimum Gasteiger partial charge on any atom is -0.343 e. The van der Waals surface area contributed by atoms with Crippen molar-refractivity contribution in [3.05, 3.63) is 30.5 Å². The molecule has 1 N–H and O–H groups in total. The first-order valence-corrected chi connectivity index (χ1v) is 8.23. The molecule has 122 valence electrons. The van der Waals surface area contributed by atoms with E-state index in [-0.39, 0.29) is 11.8 Å². The summed E-state index contributed by atoms with van der Waals surface area (Å²) in [7, 11) is 0. The Labute approximate surface area is 136 Å². The highest BCUT2D eigenvalue weighted by Crippen LogP contribution is 2.22. The molecule has 0 spiro atoms. The molecule has 23 heavy (non-hydrogen) atoms. The molecule has 3 heterocycles. The quantitative estimate of drug-likeness (QED) is 0.940. The number of H-pyrrole nitrogens is 1. The molecule has 1 aliphatic rings. The van der Waals surface area contributed by atoms with Crippen molar-refractivity contribution in [2.45, 2.75) is 33.1 Å². The number of rotatable bonds is 4. The third-order valence-electron chi connectivity index (χ3n) is 4.25. The summed E-state index contributed by atoms with van der Waals surface area (Å²) in [6.45, 7) is 5.63. The summed E-state index contributed by atoms with van der Waals surface area (Å²) in [5.74, 6) is 1.51. The Kier molecular flexibility index (Phi) is 4.69. The van der Waals surface area contributed by atoms with E-state index < -0.39 is 0 Å². The molecule has 0 radical (unpaired) electrons. The Balaban J connectivity index is 1.67. The average molecular weight is 313 g/mol. The van der Waals surface area contributed by atoms with Gasteiger partial charge in [0.15, 0.2) is 5.82 Å². The molecule has 1 fully saturated rings. The van der Waals surface area contributed by atoms with E-state index in [0.29, 0.717) is 5.92 Å². The lowest BCUT2D eigenvalue weighted by Gasteiger charge is -2.33. The lowest BCUT2D eigenvalue weighted by atomic mass is 9.93. The molecular formula is C17H23N5O. The number of aromatic amines is 1. The predicted molar refractivity (Wildman–Crippen MR) is 87.5 cm³/mol. The molecule has 0 aliphatic carbocycles. The van der Waals surface area contributed by atoms with Crippen LogP contribution in [0.3, 0.4) is 0 Å². The van der Waals surface area contributed by atoms with Gasteiger partial charge in [-0.1, -0.05) is 13.8 Å². The molecule has 2 aromatic rings. The molecular weight excluding hydrogens is 290 g/mol. The SMILES string of the molecule is CC(C)C(=O)N1CCC[C@@H](Cc2cncc(-c3ncc[nH]3)n2)C1. The van der Waals surface area contributed by atoms with Crippen molar-refractivity contribution in [2.24, 2.45) is 11.8 Å². The standard InChI is InChI=1S/C17H23N5O/c1-12(2)17(23)22-7-3-4-13(11-22)8-14-9-18-10-15(21-14)16-19-5-6-20-16/h5-6,9-10,12-13H,3-4,7-8,11H2,1-2H3,(H,19,20)/t13-/m0/s1. The predicted octanol–water partition coefficient (Wildman–Crippen LogP) is 2.30. The molecule has 1 saturated heterocycles. The van der Waals surface area contributed by atoms with Gasteiger partial charge in [-0.2, -0.15) is 0 Å². The van der Waals surface area contributed by atoms with Crippen LogP contribution in [0.15, 0.2) is 24.8 Å². The van der Waals surface area contributed by atoms with Crippen LogP contribution in [0.1, 0.15) is 32.4 Å². The zero-order valence-corrected chi connectivity index (χ0v) is 13.7. The Morgan fingerprint density at radius 2 is 2.30 bits per heavy atom. The van der Waals surface area contributed by atoms with Gasteiger partial charge >= 0.3 is 0 Å². The first-order valence-electron chi connectivity index (χ1n) is 8.23. The van der Waals surface area contributed by atoms with Gasteiger partial charge in [0.25, 0.3) is 0 Å². The molecule has 2 aromatic heterocycles. The fourth-order valence-electron chi connectivity index (χ4n) is 3.12. The lowest BCUT2D eigenvalue weighted by Crippen LogP contribution is -2.42. The Bertz CT molecular complexity index is 653. The molecule has 6 heteroatoms. The summed E-state index contributed by atoms with van der Waals surface area (Å²) in [6, 6.07) is 0. The molecule has 1 aliphatic heterocycles. The van der Waals surface area contributed by atoms with Gasteiger partial charge in [0, 0.05) is 37.6 Å². The monoisotopic (exact) mass is 313 g/mol. The molecule has 0 aromatic carbocycles. The number of aromatic nitrogens is 4. The van der Waals surface area contributed by atoms with E-state index in [4.69, 9.17) is 0 Å². The van der Waals surface area contributed by atoms with E-state index in [9.17, 15) is 4.79 Å². The van der Waals surface area contributed by atoms with Gasteiger partial charge in [0.2, 0.25) is 5.91 Å². The summed E-state index contributed by atoms with van der Waals surface area (Å²) < 4.78 is 0. The molecule has 1 atom stereocenters. The van der Waals surface area contributed by atoms with Crippen molar-refractivity contribution in [1.29, 1.82) is 0 Å². The van der Waals surface area contributed by atoms with Gasteiger partial charge in [-0.25, -0.2) is 9.97 Å². The lowest BCUT2D eigenvalue weighted by molar-refractivity contribution is -0.136. The van der Waals surface area contributed by atoms with Crippen LogP contribution in [0.5, 0.6) is 0 Å². The van der Waals surface area contributed by atoms with Crippen LogP contribution in [0.2, 0.25) is 0 Å². The van der Waals surface area contributed by atoms with Gasteiger partial charge in [0.05, 0.1) is 11.9 Å². The summed E-state index contributed by atoms with van der Waals surface area (Å²) in [5.41, 5.74) is 1.72. The normalized spacial score (nSPS) is 18.4. The molecule has 0 saturated carbocycles. The number of piperidine rings is 1. The van der Waals surface area contributed by atoms with Crippen LogP contribution >= 0.6 is 0 Å². The van der Waals surface area contributed by atoms with Crippen molar-refractivity contribution >= 4 is 5.91 Å². The van der Waals surface area contributed by atoms with E-state index in [1.54, 1.807) is 18.6 Å². The highest BCUT2D eigenvalue weighted by Gasteiger charge is 2.25. The summed E-state index contributed by atoms with van der Waals surface area (Å²) in [4.78, 5) is 30.4. The molecule has 1 amide bonds. The van der Waals surface area contributed by atoms with Gasteiger partial charge in [-0.15, -0.1) is 0 Å². The number of hydrogen-bond acceptors (Lipinski definition) is 4. The van der Waals surface area contributed by atoms with Crippen molar-refractivity contribution in [3.63, 3.8) is 0 Å². The van der Waals surface area contributed by atoms with Crippen LogP contribution in [-0.2, 0) is 11.2 Å². The van der Waals surface area contributed by atoms with E-state index >= 15 is 0 Å². The third-order valence-corrected chi connectivity index (χ3v) is 4.25. The molecule has 6 nitrogen and oxygen atoms in total. The van der Waals surface area contributed by atoms with Gasteiger partial charge in [-0.3, -0.25) is 9.78 Å². The summed E-state index contributed by atoms with van der Waals surface area (Å²) in [6.07, 6.45) is 10.1. The molecule has 0 unspecified atom stereocenters. The second kappa shape index (κ2) is 6.89. The van der Waals surface area contributed by atoms with Gasteiger partial charge < -0.3 is 9.88 Å². The number of hydrogen-bond donors (Lipinski definition) is 1. The number of imidazole rings is 1. The van der Waals surface area contributed by atoms with Gasteiger partial charge in [0.1, 0.15) is 5.69 Å². The van der Waals surface area contributed by atoms with E-state index in [1.165, 1.54) is 0 Å². The van der Waals surface area contributed by atoms with Crippen molar-refractivity contribution in [3.8, 4) is 11.5 Å². The van der Waals surface area contributed by atoms with Crippen LogP contribution in [0.4, 0.5) is 0 Å². The fourth-order valence-corrected chi connectivity index (χ4v) is 3.12. The minimum absolute atomic E-state index is 0.0656. The number of carbonyl (C=O) groups is 1. The smallest absolute Gasteiger partial charge is 0.225 e. The van der Waals surface area contributed by atoms with Crippen LogP contribution in [0.25, 0.3) is 11.5 Å². The van der Waals surface area contributed by atoms with Crippen molar-refractivity contribution in [1.82, 2.24) is 24.8 Å². The summed E-state index contributed by atoms with van der Waals surface area (Å²) in [5, 5.41) is 0. The number of likely N-dealkylation sites (tertiary alicyclic amines) is 1. The maximum atomic E-state index is 12.2. The number of nitrogens with one attached hydrogen (secondary N) is 1. The van der Waals surface area contributed by atoms with Gasteiger partial charge in [-0.05, 0) is 25.2 Å². The van der Waals surface area contributed by atoms with Crippen LogP contribution < -0.4 is 0 Å². The number of nitrogens with zero attached hydrogens (tertiary/aromatic N) is 4. The first kappa shape index (κ1) is 15.6. The maximum Gasteiger partial charge on any atom is 0.225 e. The molecule has 3 rings (SSSR count). The second-order valence-corrected chi connectivity index (χ2v) is 6.48. The largest absolute Gasteiger partial charge is 0.343 e. The zero-order chi connectivity index (χ0) is 16.2. The fraction of sp³-hybridized carbons (Fsp3) is 0.529. The Hall–Kier alpha value is -2.24. The van der Waals surface area contributed by atoms with Crippen molar-refractivity contribution < 1.29 is 4.79 Å². The zero-order valence-electron chi connectivity index (χ0n) is 13.7. The average Bonchev–Trinajstić information content (AvgIpc) is 3.09. The highest BCUT2D eigenvalue weighted by molar-refractivity contribution is 5.78. The van der Waals surface area contributed by atoms with Crippen LogP contribution in [0, 0.1) is 11.8 Å². The maximum absolute atomic E-state index is 12.2. The number of amides is 1. The van der Waals surface area contributed by atoms with Crippen molar-refractivity contribution in [2.75, 3.05) is 13.1 Å². The summed E-state index contributed by atoms with van der Waals surface area (Å²) >= 11 is 0. The van der Waals surface area contributed by atoms with Crippen LogP contribution in [-0.4, -0.2) is 43.8 Å². The third kappa shape index (κ3) is 3.75. The highest BCUT2D eigenvalue weighted by atomic mass is 16.2. The minimum atomic E-state index is 0.0656. The van der Waals surface area contributed by atoms with E-state index in [2.05, 4.69) is 19.9 Å².